The molecular formula is C14H20FN3O2. The molecule has 20 heavy (non-hydrogen) atoms. The summed E-state index contributed by atoms with van der Waals surface area (Å²) in [6.45, 7) is 4.60. The lowest BCUT2D eigenvalue weighted by Crippen LogP contribution is -2.50. The van der Waals surface area contributed by atoms with E-state index in [1.54, 1.807) is 24.1 Å². The molecule has 0 spiro atoms. The molecule has 0 aliphatic carbocycles. The van der Waals surface area contributed by atoms with Crippen LogP contribution in [0.5, 0.6) is 0 Å². The summed E-state index contributed by atoms with van der Waals surface area (Å²) in [6, 6.07) is 5.74. The van der Waals surface area contributed by atoms with E-state index in [0.29, 0.717) is 25.4 Å². The second kappa shape index (κ2) is 7.21. The van der Waals surface area contributed by atoms with E-state index >= 15 is 0 Å². The number of amides is 2. The highest BCUT2D eigenvalue weighted by Crippen LogP contribution is 2.11. The van der Waals surface area contributed by atoms with Crippen LogP contribution in [0.4, 0.5) is 14.9 Å². The molecule has 5 nitrogen and oxygen atoms in total. The van der Waals surface area contributed by atoms with Crippen LogP contribution in [0.25, 0.3) is 0 Å². The highest BCUT2D eigenvalue weighted by Gasteiger charge is 2.20. The van der Waals surface area contributed by atoms with E-state index in [9.17, 15) is 9.18 Å². The normalized spacial score (nSPS) is 16.2. The van der Waals surface area contributed by atoms with Crippen molar-refractivity contribution in [1.29, 1.82) is 0 Å². The van der Waals surface area contributed by atoms with Gasteiger partial charge in [-0.3, -0.25) is 4.90 Å². The number of carbonyl (C=O) groups excluding carboxylic acids is 1. The maximum atomic E-state index is 13.0. The van der Waals surface area contributed by atoms with Crippen molar-refractivity contribution >= 4 is 11.7 Å². The number of urea groups is 1. The number of hydrogen-bond acceptors (Lipinski definition) is 3. The highest BCUT2D eigenvalue weighted by atomic mass is 19.1. The van der Waals surface area contributed by atoms with Crippen LogP contribution in [0, 0.1) is 5.82 Å². The van der Waals surface area contributed by atoms with E-state index in [4.69, 9.17) is 4.74 Å². The van der Waals surface area contributed by atoms with Gasteiger partial charge in [0.2, 0.25) is 0 Å². The Morgan fingerprint density at radius 3 is 2.75 bits per heavy atom. The molecule has 0 bridgehead atoms. The lowest BCUT2D eigenvalue weighted by molar-refractivity contribution is 0.109. The maximum Gasteiger partial charge on any atom is 0.321 e. The van der Waals surface area contributed by atoms with Gasteiger partial charge in [0.1, 0.15) is 5.82 Å². The Kier molecular flexibility index (Phi) is 5.31. The standard InChI is InChI=1S/C14H20FN3O2/c1-20-10-9-17-5-7-18(8-6-17)14(19)16-13-4-2-3-12(15)11-13/h2-4,11H,5-10H2,1H3,(H,16,19). The van der Waals surface area contributed by atoms with Crippen molar-refractivity contribution < 1.29 is 13.9 Å². The molecule has 0 saturated carbocycles. The van der Waals surface area contributed by atoms with Crippen molar-refractivity contribution in [2.75, 3.05) is 51.8 Å². The fourth-order valence-corrected chi connectivity index (χ4v) is 2.16. The van der Waals surface area contributed by atoms with Crippen LogP contribution in [-0.4, -0.2) is 62.3 Å². The summed E-state index contributed by atoms with van der Waals surface area (Å²) in [6.07, 6.45) is 0. The number of nitrogens with one attached hydrogen (secondary N) is 1. The quantitative estimate of drug-likeness (QED) is 0.912. The molecule has 0 radical (unpaired) electrons. The summed E-state index contributed by atoms with van der Waals surface area (Å²) < 4.78 is 18.1. The third-order valence-corrected chi connectivity index (χ3v) is 3.35. The number of ether oxygens (including phenoxy) is 1. The molecule has 1 aromatic carbocycles. The van der Waals surface area contributed by atoms with Crippen LogP contribution < -0.4 is 5.32 Å². The predicted octanol–water partition coefficient (Wildman–Crippen LogP) is 1.62. The first-order chi connectivity index (χ1) is 9.69. The summed E-state index contributed by atoms with van der Waals surface area (Å²) in [5.74, 6) is -0.354. The minimum atomic E-state index is -0.354. The average molecular weight is 281 g/mol. The zero-order valence-corrected chi connectivity index (χ0v) is 11.6. The summed E-state index contributed by atoms with van der Waals surface area (Å²) in [5.41, 5.74) is 0.483. The van der Waals surface area contributed by atoms with Crippen molar-refractivity contribution in [2.24, 2.45) is 0 Å². The van der Waals surface area contributed by atoms with Gasteiger partial charge in [-0.2, -0.15) is 0 Å². The van der Waals surface area contributed by atoms with Gasteiger partial charge in [0.05, 0.1) is 6.61 Å². The molecule has 1 N–H and O–H groups in total. The summed E-state index contributed by atoms with van der Waals surface area (Å²) in [4.78, 5) is 16.1. The fraction of sp³-hybridized carbons (Fsp3) is 0.500. The monoisotopic (exact) mass is 281 g/mol. The van der Waals surface area contributed by atoms with Gasteiger partial charge >= 0.3 is 6.03 Å². The Hall–Kier alpha value is -1.66. The lowest BCUT2D eigenvalue weighted by atomic mass is 10.3. The largest absolute Gasteiger partial charge is 0.383 e. The molecule has 0 aromatic heterocycles. The van der Waals surface area contributed by atoms with Crippen molar-refractivity contribution in [1.82, 2.24) is 9.80 Å². The summed E-state index contributed by atoms with van der Waals surface area (Å²) in [7, 11) is 1.68. The number of rotatable bonds is 4. The molecule has 1 aliphatic rings. The number of piperazine rings is 1. The minimum Gasteiger partial charge on any atom is -0.383 e. The zero-order chi connectivity index (χ0) is 14.4. The smallest absolute Gasteiger partial charge is 0.321 e. The first kappa shape index (κ1) is 14.7. The van der Waals surface area contributed by atoms with Gasteiger partial charge in [-0.05, 0) is 18.2 Å². The predicted molar refractivity (Wildman–Crippen MR) is 75.3 cm³/mol. The van der Waals surface area contributed by atoms with Gasteiger partial charge in [0, 0.05) is 45.5 Å². The molecular weight excluding hydrogens is 261 g/mol. The number of benzene rings is 1. The number of methoxy groups -OCH3 is 1. The van der Waals surface area contributed by atoms with Gasteiger partial charge < -0.3 is 15.0 Å². The Morgan fingerprint density at radius 1 is 1.35 bits per heavy atom. The van der Waals surface area contributed by atoms with E-state index in [1.165, 1.54) is 12.1 Å². The Balaban J connectivity index is 1.80. The van der Waals surface area contributed by atoms with E-state index in [1.807, 2.05) is 0 Å². The molecule has 1 aliphatic heterocycles. The van der Waals surface area contributed by atoms with E-state index in [2.05, 4.69) is 10.2 Å². The molecule has 0 unspecified atom stereocenters. The second-order valence-corrected chi connectivity index (χ2v) is 4.76. The van der Waals surface area contributed by atoms with Gasteiger partial charge in [-0.25, -0.2) is 9.18 Å². The first-order valence-electron chi connectivity index (χ1n) is 6.72. The maximum absolute atomic E-state index is 13.0. The molecule has 1 saturated heterocycles. The highest BCUT2D eigenvalue weighted by molar-refractivity contribution is 5.89. The van der Waals surface area contributed by atoms with Crippen LogP contribution >= 0.6 is 0 Å². The molecule has 1 aromatic rings. The van der Waals surface area contributed by atoms with E-state index < -0.39 is 0 Å². The second-order valence-electron chi connectivity index (χ2n) is 4.76. The summed E-state index contributed by atoms with van der Waals surface area (Å²) >= 11 is 0. The van der Waals surface area contributed by atoms with E-state index in [0.717, 1.165) is 19.6 Å². The van der Waals surface area contributed by atoms with Gasteiger partial charge in [0.25, 0.3) is 0 Å². The van der Waals surface area contributed by atoms with Crippen molar-refractivity contribution in [3.63, 3.8) is 0 Å². The Bertz CT molecular complexity index is 448. The Morgan fingerprint density at radius 2 is 2.10 bits per heavy atom. The molecule has 2 rings (SSSR count). The number of halogens is 1. The van der Waals surface area contributed by atoms with Crippen molar-refractivity contribution in [3.05, 3.63) is 30.1 Å². The molecule has 1 fully saturated rings. The lowest BCUT2D eigenvalue weighted by Gasteiger charge is -2.34. The molecule has 2 amide bonds. The molecule has 0 atom stereocenters. The van der Waals surface area contributed by atoms with Crippen LogP contribution in [0.2, 0.25) is 0 Å². The minimum absolute atomic E-state index is 0.179. The third-order valence-electron chi connectivity index (χ3n) is 3.35. The van der Waals surface area contributed by atoms with Crippen molar-refractivity contribution in [3.8, 4) is 0 Å². The molecule has 6 heteroatoms. The SMILES string of the molecule is COCCN1CCN(C(=O)Nc2cccc(F)c2)CC1. The van der Waals surface area contributed by atoms with Crippen LogP contribution in [-0.2, 0) is 4.74 Å². The molecule has 1 heterocycles. The summed E-state index contributed by atoms with van der Waals surface area (Å²) in [5, 5.41) is 2.71. The van der Waals surface area contributed by atoms with Crippen molar-refractivity contribution in [2.45, 2.75) is 0 Å². The average Bonchev–Trinajstić information content (AvgIpc) is 2.45. The number of hydrogen-bond donors (Lipinski definition) is 1. The van der Waals surface area contributed by atoms with Crippen LogP contribution in [0.1, 0.15) is 0 Å². The van der Waals surface area contributed by atoms with Crippen LogP contribution in [0.3, 0.4) is 0 Å². The zero-order valence-electron chi connectivity index (χ0n) is 11.6. The third kappa shape index (κ3) is 4.18. The molecule has 110 valence electrons. The topological polar surface area (TPSA) is 44.8 Å². The van der Waals surface area contributed by atoms with E-state index in [-0.39, 0.29) is 11.8 Å². The fourth-order valence-electron chi connectivity index (χ4n) is 2.16. The van der Waals surface area contributed by atoms with Gasteiger partial charge in [0.15, 0.2) is 0 Å². The number of anilines is 1. The van der Waals surface area contributed by atoms with Gasteiger partial charge in [-0.15, -0.1) is 0 Å². The first-order valence-corrected chi connectivity index (χ1v) is 6.72. The Labute approximate surface area is 118 Å². The number of carbonyl (C=O) groups is 1. The van der Waals surface area contributed by atoms with Gasteiger partial charge in [-0.1, -0.05) is 6.07 Å². The van der Waals surface area contributed by atoms with Crippen LogP contribution in [0.15, 0.2) is 24.3 Å². The number of nitrogens with zero attached hydrogens (tertiary/aromatic N) is 2.